The minimum absolute atomic E-state index is 0.220. The Labute approximate surface area is 111 Å². The maximum atomic E-state index is 8.77. The summed E-state index contributed by atoms with van der Waals surface area (Å²) in [5.74, 6) is 2.24. The van der Waals surface area contributed by atoms with Crippen molar-refractivity contribution in [2.75, 3.05) is 0 Å². The third kappa shape index (κ3) is 2.61. The van der Waals surface area contributed by atoms with Crippen LogP contribution in [-0.2, 0) is 0 Å². The quantitative estimate of drug-likeness (QED) is 0.901. The van der Waals surface area contributed by atoms with Crippen molar-refractivity contribution in [3.8, 4) is 11.9 Å². The number of pyridine rings is 1. The van der Waals surface area contributed by atoms with Crippen LogP contribution in [0.1, 0.15) is 49.9 Å². The number of nitriles is 1. The van der Waals surface area contributed by atoms with Gasteiger partial charge in [-0.15, -0.1) is 5.10 Å². The van der Waals surface area contributed by atoms with Crippen LogP contribution >= 0.6 is 0 Å². The van der Waals surface area contributed by atoms with Crippen molar-refractivity contribution in [3.63, 3.8) is 0 Å². The molecule has 0 aliphatic heterocycles. The first-order valence-electron chi connectivity index (χ1n) is 6.12. The van der Waals surface area contributed by atoms with Gasteiger partial charge in [0.25, 0.3) is 0 Å². The van der Waals surface area contributed by atoms with Crippen LogP contribution in [0.25, 0.3) is 5.82 Å². The Morgan fingerprint density at radius 2 is 2.05 bits per heavy atom. The second-order valence-electron chi connectivity index (χ2n) is 4.70. The van der Waals surface area contributed by atoms with E-state index in [1.165, 1.54) is 6.20 Å². The van der Waals surface area contributed by atoms with Gasteiger partial charge in [0.1, 0.15) is 6.07 Å². The molecule has 0 amide bonds. The van der Waals surface area contributed by atoms with E-state index >= 15 is 0 Å². The molecule has 0 aliphatic rings. The maximum Gasteiger partial charge on any atom is 0.155 e. The highest BCUT2D eigenvalue weighted by Crippen LogP contribution is 2.17. The van der Waals surface area contributed by atoms with Crippen LogP contribution in [0.3, 0.4) is 0 Å². The third-order valence-electron chi connectivity index (χ3n) is 2.67. The average Bonchev–Trinajstić information content (AvgIpc) is 2.84. The first-order valence-corrected chi connectivity index (χ1v) is 6.12. The van der Waals surface area contributed by atoms with E-state index in [9.17, 15) is 0 Å². The van der Waals surface area contributed by atoms with Gasteiger partial charge in [-0.2, -0.15) is 9.94 Å². The Balaban J connectivity index is 2.50. The molecule has 98 valence electrons. The minimum Gasteiger partial charge on any atom is -0.322 e. The molecule has 0 bridgehead atoms. The molecule has 6 nitrogen and oxygen atoms in total. The van der Waals surface area contributed by atoms with Gasteiger partial charge in [0.05, 0.1) is 11.6 Å². The Bertz CT molecular complexity index is 603. The molecule has 6 heteroatoms. The van der Waals surface area contributed by atoms with Crippen LogP contribution in [0.15, 0.2) is 18.3 Å². The topological polar surface area (TPSA) is 93.4 Å². The molecule has 2 aromatic heterocycles. The van der Waals surface area contributed by atoms with Gasteiger partial charge in [-0.3, -0.25) is 0 Å². The molecule has 0 aromatic carbocycles. The van der Waals surface area contributed by atoms with Crippen molar-refractivity contribution in [3.05, 3.63) is 35.5 Å². The SMILES string of the molecule is CC(C)c1nc(C(C)N)n(-c2ccc(C#N)cn2)n1. The van der Waals surface area contributed by atoms with Gasteiger partial charge in [-0.1, -0.05) is 13.8 Å². The first kappa shape index (κ1) is 13.2. The minimum atomic E-state index is -0.238. The predicted molar refractivity (Wildman–Crippen MR) is 70.6 cm³/mol. The van der Waals surface area contributed by atoms with E-state index in [-0.39, 0.29) is 12.0 Å². The smallest absolute Gasteiger partial charge is 0.155 e. The van der Waals surface area contributed by atoms with Crippen molar-refractivity contribution >= 4 is 0 Å². The van der Waals surface area contributed by atoms with Crippen molar-refractivity contribution in [1.82, 2.24) is 19.7 Å². The van der Waals surface area contributed by atoms with Crippen LogP contribution < -0.4 is 5.73 Å². The number of nitrogens with two attached hydrogens (primary N) is 1. The molecule has 2 N–H and O–H groups in total. The fourth-order valence-corrected chi connectivity index (χ4v) is 1.63. The van der Waals surface area contributed by atoms with Gasteiger partial charge >= 0.3 is 0 Å². The van der Waals surface area contributed by atoms with Crippen LogP contribution in [-0.4, -0.2) is 19.7 Å². The lowest BCUT2D eigenvalue weighted by Crippen LogP contribution is -2.14. The zero-order chi connectivity index (χ0) is 14.0. The van der Waals surface area contributed by atoms with Crippen LogP contribution in [0.2, 0.25) is 0 Å². The van der Waals surface area contributed by atoms with E-state index in [4.69, 9.17) is 11.0 Å². The van der Waals surface area contributed by atoms with Crippen molar-refractivity contribution < 1.29 is 0 Å². The number of hydrogen-bond donors (Lipinski definition) is 1. The van der Waals surface area contributed by atoms with Crippen LogP contribution in [0, 0.1) is 11.3 Å². The standard InChI is InChI=1S/C13H16N6/c1-8(2)12-17-13(9(3)15)19(18-12)11-5-4-10(6-14)7-16-11/h4-5,7-9H,15H2,1-3H3. The summed E-state index contributed by atoms with van der Waals surface area (Å²) in [6, 6.07) is 5.23. The Morgan fingerprint density at radius 1 is 1.32 bits per heavy atom. The van der Waals surface area contributed by atoms with Gasteiger partial charge < -0.3 is 5.73 Å². The van der Waals surface area contributed by atoms with Gasteiger partial charge in [-0.25, -0.2) is 9.97 Å². The van der Waals surface area contributed by atoms with E-state index in [0.29, 0.717) is 17.2 Å². The molecule has 2 rings (SSSR count). The third-order valence-corrected chi connectivity index (χ3v) is 2.67. The number of aromatic nitrogens is 4. The highest BCUT2D eigenvalue weighted by molar-refractivity contribution is 5.32. The van der Waals surface area contributed by atoms with Crippen LogP contribution in [0.5, 0.6) is 0 Å². The van der Waals surface area contributed by atoms with E-state index in [2.05, 4.69) is 15.1 Å². The summed E-state index contributed by atoms with van der Waals surface area (Å²) < 4.78 is 1.64. The molecule has 2 heterocycles. The Hall–Kier alpha value is -2.26. The highest BCUT2D eigenvalue weighted by atomic mass is 15.4. The lowest BCUT2D eigenvalue weighted by atomic mass is 10.2. The predicted octanol–water partition coefficient (Wildman–Crippen LogP) is 1.68. The summed E-state index contributed by atoms with van der Waals surface area (Å²) in [6.45, 7) is 5.90. The molecule has 0 spiro atoms. The molecular formula is C13H16N6. The second-order valence-corrected chi connectivity index (χ2v) is 4.70. The summed E-state index contributed by atoms with van der Waals surface area (Å²) in [4.78, 5) is 8.67. The van der Waals surface area contributed by atoms with E-state index in [1.54, 1.807) is 16.8 Å². The summed E-state index contributed by atoms with van der Waals surface area (Å²) in [7, 11) is 0. The largest absolute Gasteiger partial charge is 0.322 e. The number of nitrogens with zero attached hydrogens (tertiary/aromatic N) is 5. The molecule has 1 unspecified atom stereocenters. The van der Waals surface area contributed by atoms with Gasteiger partial charge in [0, 0.05) is 12.1 Å². The molecular weight excluding hydrogens is 240 g/mol. The maximum absolute atomic E-state index is 8.77. The summed E-state index contributed by atoms with van der Waals surface area (Å²) in [5, 5.41) is 13.2. The monoisotopic (exact) mass is 256 g/mol. The Morgan fingerprint density at radius 3 is 2.53 bits per heavy atom. The highest BCUT2D eigenvalue weighted by Gasteiger charge is 2.17. The van der Waals surface area contributed by atoms with Crippen molar-refractivity contribution in [2.24, 2.45) is 5.73 Å². The lowest BCUT2D eigenvalue weighted by Gasteiger charge is -2.06. The zero-order valence-electron chi connectivity index (χ0n) is 11.2. The van der Waals surface area contributed by atoms with Gasteiger partial charge in [0.15, 0.2) is 17.5 Å². The molecule has 1 atom stereocenters. The zero-order valence-corrected chi connectivity index (χ0v) is 11.2. The van der Waals surface area contributed by atoms with Crippen molar-refractivity contribution in [2.45, 2.75) is 32.7 Å². The molecule has 0 saturated carbocycles. The molecule has 0 saturated heterocycles. The van der Waals surface area contributed by atoms with Gasteiger partial charge in [0.2, 0.25) is 0 Å². The molecule has 0 radical (unpaired) electrons. The van der Waals surface area contributed by atoms with E-state index in [0.717, 1.165) is 5.82 Å². The fraction of sp³-hybridized carbons (Fsp3) is 0.385. The summed E-state index contributed by atoms with van der Waals surface area (Å²) in [5.41, 5.74) is 6.43. The molecule has 2 aromatic rings. The molecule has 19 heavy (non-hydrogen) atoms. The fourth-order valence-electron chi connectivity index (χ4n) is 1.63. The van der Waals surface area contributed by atoms with Gasteiger partial charge in [-0.05, 0) is 19.1 Å². The average molecular weight is 256 g/mol. The van der Waals surface area contributed by atoms with E-state index in [1.807, 2.05) is 26.8 Å². The Kier molecular flexibility index (Phi) is 3.58. The summed E-state index contributed by atoms with van der Waals surface area (Å²) in [6.07, 6.45) is 1.51. The second kappa shape index (κ2) is 5.16. The summed E-state index contributed by atoms with van der Waals surface area (Å²) >= 11 is 0. The first-order chi connectivity index (χ1) is 9.02. The lowest BCUT2D eigenvalue weighted by molar-refractivity contribution is 0.679. The molecule has 0 aliphatic carbocycles. The van der Waals surface area contributed by atoms with Crippen molar-refractivity contribution in [1.29, 1.82) is 5.26 Å². The normalized spacial score (nSPS) is 12.4. The molecule has 0 fully saturated rings. The van der Waals surface area contributed by atoms with E-state index < -0.39 is 0 Å². The number of rotatable bonds is 3. The number of hydrogen-bond acceptors (Lipinski definition) is 5. The van der Waals surface area contributed by atoms with Crippen LogP contribution in [0.4, 0.5) is 0 Å².